The Labute approximate surface area is 516 Å². The summed E-state index contributed by atoms with van der Waals surface area (Å²) in [6, 6.07) is 0. The van der Waals surface area contributed by atoms with E-state index >= 15 is 0 Å². The lowest BCUT2D eigenvalue weighted by Gasteiger charge is -2.26. The Kier molecular flexibility index (Phi) is 64.0. The van der Waals surface area contributed by atoms with E-state index < -0.39 is 24.3 Å². The maximum Gasteiger partial charge on any atom is 0.306 e. The van der Waals surface area contributed by atoms with E-state index in [1.54, 1.807) is 0 Å². The minimum absolute atomic E-state index is 0.150. The topological polar surface area (TPSA) is 111 Å². The van der Waals surface area contributed by atoms with Gasteiger partial charge < -0.3 is 33.3 Å². The van der Waals surface area contributed by atoms with Crippen LogP contribution in [-0.4, -0.2) is 82.3 Å². The first kappa shape index (κ1) is 80.8. The van der Waals surface area contributed by atoms with E-state index in [9.17, 15) is 19.5 Å². The van der Waals surface area contributed by atoms with Crippen LogP contribution in [0.2, 0.25) is 0 Å². The zero-order valence-corrected chi connectivity index (χ0v) is 56.1. The normalized spacial score (nSPS) is 12.7. The van der Waals surface area contributed by atoms with Gasteiger partial charge in [0.2, 0.25) is 0 Å². The number of carboxylic acids is 1. The summed E-state index contributed by atoms with van der Waals surface area (Å²) in [5, 5.41) is 11.8. The van der Waals surface area contributed by atoms with Crippen molar-refractivity contribution in [2.75, 3.05) is 47.5 Å². The lowest BCUT2D eigenvalue weighted by molar-refractivity contribution is -0.870. The molecule has 0 aliphatic heterocycles. The van der Waals surface area contributed by atoms with Gasteiger partial charge in [-0.15, -0.1) is 0 Å². The summed E-state index contributed by atoms with van der Waals surface area (Å²) >= 11 is 0. The van der Waals surface area contributed by atoms with Crippen LogP contribution in [0.1, 0.15) is 373 Å². The van der Waals surface area contributed by atoms with E-state index in [0.29, 0.717) is 17.4 Å². The van der Waals surface area contributed by atoms with E-state index in [-0.39, 0.29) is 32.2 Å². The summed E-state index contributed by atoms with van der Waals surface area (Å²) in [5.74, 6) is -2.26. The Bertz CT molecular complexity index is 1410. The highest BCUT2D eigenvalue weighted by molar-refractivity contribution is 5.70. The van der Waals surface area contributed by atoms with Crippen molar-refractivity contribution in [3.63, 3.8) is 0 Å². The van der Waals surface area contributed by atoms with Crippen LogP contribution in [-0.2, 0) is 33.3 Å². The van der Waals surface area contributed by atoms with Crippen molar-refractivity contribution < 1.29 is 42.9 Å². The Morgan fingerprint density at radius 1 is 0.349 bits per heavy atom. The largest absolute Gasteiger partial charge is 0.545 e. The van der Waals surface area contributed by atoms with Crippen LogP contribution in [0.15, 0.2) is 24.3 Å². The predicted octanol–water partition coefficient (Wildman–Crippen LogP) is 21.3. The summed E-state index contributed by atoms with van der Waals surface area (Å²) in [6.45, 7) is 4.80. The molecule has 0 aliphatic rings. The molecular formula is C74H141NO8. The molecule has 0 aromatic rings. The molecule has 2 atom stereocenters. The van der Waals surface area contributed by atoms with Gasteiger partial charge in [-0.1, -0.05) is 321 Å². The van der Waals surface area contributed by atoms with E-state index in [1.165, 1.54) is 308 Å². The quantitative estimate of drug-likeness (QED) is 0.0195. The minimum Gasteiger partial charge on any atom is -0.545 e. The molecule has 0 heterocycles. The number of unbranched alkanes of at least 4 members (excludes halogenated alkanes) is 50. The fraction of sp³-hybridized carbons (Fsp3) is 0.905. The molecule has 9 nitrogen and oxygen atoms in total. The van der Waals surface area contributed by atoms with Crippen molar-refractivity contribution in [1.29, 1.82) is 0 Å². The number of carbonyl (C=O) groups is 3. The standard InChI is InChI=1S/C74H141NO8/c1-6-8-10-12-14-16-18-20-22-24-25-26-27-28-29-30-31-32-33-34-35-36-37-38-39-40-41-42-43-44-45-46-47-49-51-53-55-57-59-61-63-65-72(77)83-70(69-82-74(73(78)79)80-67-66-75(3,4)5)68-81-71(76)64-62-60-58-56-54-52-50-48-23-21-19-17-15-13-11-9-7-2/h21,23-25,70,74H,6-20,22,26-69H2,1-5H3/b23-21-,25-24-. The average Bonchev–Trinajstić information content (AvgIpc) is 3.47. The van der Waals surface area contributed by atoms with Crippen molar-refractivity contribution in [2.24, 2.45) is 0 Å². The SMILES string of the molecule is CCCCCCCC/C=C\CCCCCCCCCC(=O)OCC(COC(OCC[N+](C)(C)C)C(=O)[O-])OC(=O)CCCCCCCCCCCCCCCCCCCCCCCCCCCCCCC/C=C\CCCCCCCCCC. The summed E-state index contributed by atoms with van der Waals surface area (Å²) in [7, 11) is 5.94. The molecular weight excluding hydrogens is 1030 g/mol. The molecule has 0 spiro atoms. The highest BCUT2D eigenvalue weighted by Gasteiger charge is 2.22. The summed E-state index contributed by atoms with van der Waals surface area (Å²) in [6.07, 6.45) is 78.7. The third-order valence-electron chi connectivity index (χ3n) is 16.7. The van der Waals surface area contributed by atoms with Gasteiger partial charge in [-0.05, 0) is 64.2 Å². The predicted molar refractivity (Wildman–Crippen MR) is 353 cm³/mol. The molecule has 0 saturated carbocycles. The van der Waals surface area contributed by atoms with E-state index in [0.717, 1.165) is 38.5 Å². The van der Waals surface area contributed by atoms with Gasteiger partial charge in [-0.3, -0.25) is 9.59 Å². The van der Waals surface area contributed by atoms with E-state index in [1.807, 2.05) is 21.1 Å². The maximum absolute atomic E-state index is 12.9. The minimum atomic E-state index is -1.62. The number of hydrogen-bond donors (Lipinski definition) is 0. The highest BCUT2D eigenvalue weighted by Crippen LogP contribution is 2.19. The number of nitrogens with zero attached hydrogens (tertiary/aromatic N) is 1. The highest BCUT2D eigenvalue weighted by atomic mass is 16.7. The number of likely N-dealkylation sites (N-methyl/N-ethyl adjacent to an activating group) is 1. The molecule has 0 aromatic carbocycles. The summed E-state index contributed by atoms with van der Waals surface area (Å²) < 4.78 is 22.8. The first-order valence-corrected chi connectivity index (χ1v) is 36.5. The molecule has 0 saturated heterocycles. The number of ether oxygens (including phenoxy) is 4. The van der Waals surface area contributed by atoms with Crippen molar-refractivity contribution in [3.8, 4) is 0 Å². The Morgan fingerprint density at radius 3 is 0.892 bits per heavy atom. The number of carboxylic acid groups (broad SMARTS) is 1. The van der Waals surface area contributed by atoms with Gasteiger partial charge in [0, 0.05) is 12.8 Å². The van der Waals surface area contributed by atoms with Crippen molar-refractivity contribution in [3.05, 3.63) is 24.3 Å². The van der Waals surface area contributed by atoms with Crippen LogP contribution < -0.4 is 5.11 Å². The molecule has 0 radical (unpaired) electrons. The number of aliphatic carboxylic acids is 1. The van der Waals surface area contributed by atoms with E-state index in [4.69, 9.17) is 18.9 Å². The zero-order valence-electron chi connectivity index (χ0n) is 56.1. The molecule has 490 valence electrons. The molecule has 83 heavy (non-hydrogen) atoms. The molecule has 0 bridgehead atoms. The molecule has 2 unspecified atom stereocenters. The van der Waals surface area contributed by atoms with Crippen molar-refractivity contribution in [1.82, 2.24) is 0 Å². The maximum atomic E-state index is 12.9. The molecule has 0 amide bonds. The molecule has 0 rings (SSSR count). The summed E-state index contributed by atoms with van der Waals surface area (Å²) in [5.41, 5.74) is 0. The van der Waals surface area contributed by atoms with Crippen LogP contribution in [0.4, 0.5) is 0 Å². The number of carbonyl (C=O) groups excluding carboxylic acids is 3. The van der Waals surface area contributed by atoms with Gasteiger partial charge >= 0.3 is 11.9 Å². The Balaban J connectivity index is 3.90. The van der Waals surface area contributed by atoms with Gasteiger partial charge in [0.25, 0.3) is 0 Å². The fourth-order valence-corrected chi connectivity index (χ4v) is 11.1. The van der Waals surface area contributed by atoms with Gasteiger partial charge in [0.05, 0.1) is 40.3 Å². The first-order chi connectivity index (χ1) is 40.6. The van der Waals surface area contributed by atoms with Gasteiger partial charge in [0.15, 0.2) is 12.4 Å². The molecule has 9 heteroatoms. The van der Waals surface area contributed by atoms with Crippen LogP contribution in [0, 0.1) is 0 Å². The Hall–Kier alpha value is -2.23. The van der Waals surface area contributed by atoms with Crippen molar-refractivity contribution >= 4 is 17.9 Å². The lowest BCUT2D eigenvalue weighted by atomic mass is 10.0. The smallest absolute Gasteiger partial charge is 0.306 e. The van der Waals surface area contributed by atoms with Crippen LogP contribution >= 0.6 is 0 Å². The monoisotopic (exact) mass is 1170 g/mol. The van der Waals surface area contributed by atoms with Gasteiger partial charge in [-0.25, -0.2) is 0 Å². The third kappa shape index (κ3) is 67.1. The number of quaternary nitrogens is 1. The second-order valence-electron chi connectivity index (χ2n) is 26.2. The first-order valence-electron chi connectivity index (χ1n) is 36.5. The number of esters is 2. The number of rotatable bonds is 69. The van der Waals surface area contributed by atoms with E-state index in [2.05, 4.69) is 38.2 Å². The average molecular weight is 1170 g/mol. The second kappa shape index (κ2) is 65.7. The fourth-order valence-electron chi connectivity index (χ4n) is 11.1. The van der Waals surface area contributed by atoms with Crippen molar-refractivity contribution in [2.45, 2.75) is 386 Å². The van der Waals surface area contributed by atoms with Crippen LogP contribution in [0.5, 0.6) is 0 Å². The van der Waals surface area contributed by atoms with Crippen LogP contribution in [0.25, 0.3) is 0 Å². The third-order valence-corrected chi connectivity index (χ3v) is 16.7. The number of allylic oxidation sites excluding steroid dienone is 4. The number of hydrogen-bond acceptors (Lipinski definition) is 8. The molecule has 0 fully saturated rings. The molecule has 0 aromatic heterocycles. The lowest BCUT2D eigenvalue weighted by Crippen LogP contribution is -2.44. The molecule has 0 N–H and O–H groups in total. The van der Waals surface area contributed by atoms with Gasteiger partial charge in [-0.2, -0.15) is 0 Å². The van der Waals surface area contributed by atoms with Crippen LogP contribution in [0.3, 0.4) is 0 Å². The second-order valence-corrected chi connectivity index (χ2v) is 26.2. The summed E-state index contributed by atoms with van der Waals surface area (Å²) in [4.78, 5) is 37.4. The van der Waals surface area contributed by atoms with Gasteiger partial charge in [0.1, 0.15) is 13.2 Å². The zero-order chi connectivity index (χ0) is 60.5. The Morgan fingerprint density at radius 2 is 0.614 bits per heavy atom. The molecule has 0 aliphatic carbocycles.